The van der Waals surface area contributed by atoms with Crippen LogP contribution in [0.1, 0.15) is 12.5 Å². The Kier molecular flexibility index (Phi) is 3.72. The van der Waals surface area contributed by atoms with Gasteiger partial charge in [0.05, 0.1) is 17.5 Å². The summed E-state index contributed by atoms with van der Waals surface area (Å²) in [5.74, 6) is 1.34. The fourth-order valence-electron chi connectivity index (χ4n) is 3.19. The molecule has 1 aromatic carbocycles. The van der Waals surface area contributed by atoms with Gasteiger partial charge in [0.2, 0.25) is 12.7 Å². The summed E-state index contributed by atoms with van der Waals surface area (Å²) in [6.07, 6.45) is 0. The third-order valence-corrected chi connectivity index (χ3v) is 7.47. The first-order valence-corrected chi connectivity index (χ1v) is 10.2. The third kappa shape index (κ3) is 2.86. The monoisotopic (exact) mass is 368 g/mol. The van der Waals surface area contributed by atoms with Crippen LogP contribution in [0.5, 0.6) is 11.5 Å². The van der Waals surface area contributed by atoms with Gasteiger partial charge in [-0.1, -0.05) is 17.8 Å². The average molecular weight is 368 g/mol. The zero-order chi connectivity index (χ0) is 16.9. The summed E-state index contributed by atoms with van der Waals surface area (Å²) < 4.78 is 34.6. The van der Waals surface area contributed by atoms with E-state index in [4.69, 9.17) is 9.47 Å². The second kappa shape index (κ2) is 5.66. The molecule has 0 bridgehead atoms. The molecule has 3 heterocycles. The van der Waals surface area contributed by atoms with Crippen molar-refractivity contribution in [1.29, 1.82) is 0 Å². The number of thioether (sulfide) groups is 1. The first kappa shape index (κ1) is 15.8. The fraction of sp³-hybridized carbons (Fsp3) is 0.467. The summed E-state index contributed by atoms with van der Waals surface area (Å²) in [7, 11) is -3.04. The molecule has 3 aliphatic rings. The van der Waals surface area contributed by atoms with Gasteiger partial charge in [-0.15, -0.1) is 0 Å². The molecular weight excluding hydrogens is 352 g/mol. The van der Waals surface area contributed by atoms with E-state index in [2.05, 4.69) is 4.99 Å². The van der Waals surface area contributed by atoms with Crippen LogP contribution in [0, 0.1) is 0 Å². The molecule has 0 spiro atoms. The molecule has 0 N–H and O–H groups in total. The summed E-state index contributed by atoms with van der Waals surface area (Å²) in [6.45, 7) is 2.09. The summed E-state index contributed by atoms with van der Waals surface area (Å²) in [6, 6.07) is 5.49. The smallest absolute Gasteiger partial charge is 0.244 e. The maximum Gasteiger partial charge on any atom is 0.244 e. The number of nitrogens with zero attached hydrogens (tertiary/aromatic N) is 2. The van der Waals surface area contributed by atoms with Crippen LogP contribution in [-0.2, 0) is 21.2 Å². The van der Waals surface area contributed by atoms with Crippen LogP contribution in [0.15, 0.2) is 23.2 Å². The van der Waals surface area contributed by atoms with Crippen LogP contribution < -0.4 is 9.47 Å². The van der Waals surface area contributed by atoms with E-state index in [1.807, 2.05) is 23.1 Å². The first-order valence-electron chi connectivity index (χ1n) is 7.53. The number of sulfone groups is 1. The van der Waals surface area contributed by atoms with Crippen LogP contribution in [-0.4, -0.2) is 54.0 Å². The minimum Gasteiger partial charge on any atom is -0.454 e. The van der Waals surface area contributed by atoms with Crippen molar-refractivity contribution >= 4 is 32.7 Å². The highest BCUT2D eigenvalue weighted by atomic mass is 32.2. The summed E-state index contributed by atoms with van der Waals surface area (Å²) >= 11 is 1.38. The second-order valence-electron chi connectivity index (χ2n) is 6.03. The predicted molar refractivity (Wildman–Crippen MR) is 90.0 cm³/mol. The average Bonchev–Trinajstić information content (AvgIpc) is 3.13. The molecule has 0 saturated carbocycles. The van der Waals surface area contributed by atoms with E-state index in [0.29, 0.717) is 23.2 Å². The maximum atomic E-state index is 11.9. The fourth-order valence-corrected chi connectivity index (χ4v) is 7.19. The van der Waals surface area contributed by atoms with Crippen LogP contribution in [0.25, 0.3) is 0 Å². The first-order chi connectivity index (χ1) is 11.4. The number of amides is 1. The number of fused-ring (bicyclic) bond motifs is 2. The molecule has 0 radical (unpaired) electrons. The van der Waals surface area contributed by atoms with Crippen molar-refractivity contribution in [2.75, 3.05) is 18.3 Å². The van der Waals surface area contributed by atoms with Crippen molar-refractivity contribution in [2.45, 2.75) is 24.8 Å². The Morgan fingerprint density at radius 2 is 2.12 bits per heavy atom. The Bertz CT molecular complexity index is 836. The van der Waals surface area contributed by atoms with Gasteiger partial charge in [-0.25, -0.2) is 8.42 Å². The standard InChI is InChI=1S/C15H16N2O5S2/c1-9(18)16-15-17(11-6-24(19,20)7-14(11)23-15)5-10-2-3-12-13(4-10)22-8-21-12/h2-4,11,14H,5-8H2,1H3. The molecule has 0 aliphatic carbocycles. The maximum absolute atomic E-state index is 11.9. The summed E-state index contributed by atoms with van der Waals surface area (Å²) in [4.78, 5) is 17.4. The lowest BCUT2D eigenvalue weighted by atomic mass is 10.1. The summed E-state index contributed by atoms with van der Waals surface area (Å²) in [5.41, 5.74) is 0.959. The molecule has 24 heavy (non-hydrogen) atoms. The van der Waals surface area contributed by atoms with E-state index in [1.54, 1.807) is 0 Å². The number of aliphatic imine (C=N–C) groups is 1. The SMILES string of the molecule is CC(=O)N=C1SC2CS(=O)(=O)CC2N1Cc1ccc2c(c1)OCO2. The van der Waals surface area contributed by atoms with Gasteiger partial charge in [-0.05, 0) is 17.7 Å². The molecule has 0 aromatic heterocycles. The van der Waals surface area contributed by atoms with Gasteiger partial charge >= 0.3 is 0 Å². The quantitative estimate of drug-likeness (QED) is 0.771. The normalized spacial score (nSPS) is 28.4. The molecule has 2 atom stereocenters. The van der Waals surface area contributed by atoms with Gasteiger partial charge < -0.3 is 14.4 Å². The number of rotatable bonds is 2. The van der Waals surface area contributed by atoms with Crippen molar-refractivity contribution < 1.29 is 22.7 Å². The lowest BCUT2D eigenvalue weighted by Gasteiger charge is -2.24. The molecule has 2 saturated heterocycles. The van der Waals surface area contributed by atoms with Crippen molar-refractivity contribution in [1.82, 2.24) is 4.90 Å². The highest BCUT2D eigenvalue weighted by molar-refractivity contribution is 8.15. The van der Waals surface area contributed by atoms with Gasteiger partial charge in [-0.2, -0.15) is 4.99 Å². The zero-order valence-electron chi connectivity index (χ0n) is 13.0. The van der Waals surface area contributed by atoms with E-state index in [0.717, 1.165) is 5.56 Å². The highest BCUT2D eigenvalue weighted by Crippen LogP contribution is 2.40. The molecule has 2 fully saturated rings. The van der Waals surface area contributed by atoms with Crippen LogP contribution >= 0.6 is 11.8 Å². The third-order valence-electron chi connectivity index (χ3n) is 4.22. The molecule has 3 aliphatic heterocycles. The molecule has 7 nitrogen and oxygen atoms in total. The molecule has 1 amide bonds. The minimum absolute atomic E-state index is 0.0675. The molecular formula is C15H16N2O5S2. The van der Waals surface area contributed by atoms with Crippen molar-refractivity contribution in [3.05, 3.63) is 23.8 Å². The number of benzene rings is 1. The van der Waals surface area contributed by atoms with E-state index < -0.39 is 9.84 Å². The van der Waals surface area contributed by atoms with Gasteiger partial charge in [0.1, 0.15) is 0 Å². The van der Waals surface area contributed by atoms with Gasteiger partial charge in [0.15, 0.2) is 26.5 Å². The van der Waals surface area contributed by atoms with Crippen molar-refractivity contribution in [3.8, 4) is 11.5 Å². The van der Waals surface area contributed by atoms with E-state index >= 15 is 0 Å². The largest absolute Gasteiger partial charge is 0.454 e. The summed E-state index contributed by atoms with van der Waals surface area (Å²) in [5, 5.41) is 0.534. The van der Waals surface area contributed by atoms with E-state index in [9.17, 15) is 13.2 Å². The zero-order valence-corrected chi connectivity index (χ0v) is 14.6. The Morgan fingerprint density at radius 1 is 1.33 bits per heavy atom. The van der Waals surface area contributed by atoms with Gasteiger partial charge in [0.25, 0.3) is 0 Å². The number of hydrogen-bond donors (Lipinski definition) is 0. The molecule has 128 valence electrons. The number of carbonyl (C=O) groups excluding carboxylic acids is 1. The highest BCUT2D eigenvalue weighted by Gasteiger charge is 2.48. The Hall–Kier alpha value is -1.74. The number of ether oxygens (including phenoxy) is 2. The van der Waals surface area contributed by atoms with E-state index in [-0.39, 0.29) is 35.5 Å². The lowest BCUT2D eigenvalue weighted by molar-refractivity contribution is -0.115. The molecule has 2 unspecified atom stereocenters. The molecule has 4 rings (SSSR count). The number of carbonyl (C=O) groups is 1. The Morgan fingerprint density at radius 3 is 2.92 bits per heavy atom. The van der Waals surface area contributed by atoms with Crippen LogP contribution in [0.2, 0.25) is 0 Å². The second-order valence-corrected chi connectivity index (χ2v) is 9.39. The van der Waals surface area contributed by atoms with Crippen molar-refractivity contribution in [3.63, 3.8) is 0 Å². The van der Waals surface area contributed by atoms with Crippen LogP contribution in [0.3, 0.4) is 0 Å². The Balaban J connectivity index is 1.63. The minimum atomic E-state index is -3.04. The molecule has 9 heteroatoms. The topological polar surface area (TPSA) is 85.3 Å². The van der Waals surface area contributed by atoms with E-state index in [1.165, 1.54) is 18.7 Å². The Labute approximate surface area is 143 Å². The van der Waals surface area contributed by atoms with Gasteiger partial charge in [-0.3, -0.25) is 4.79 Å². The van der Waals surface area contributed by atoms with Crippen molar-refractivity contribution in [2.24, 2.45) is 4.99 Å². The number of amidine groups is 1. The lowest BCUT2D eigenvalue weighted by Crippen LogP contribution is -2.37. The van der Waals surface area contributed by atoms with Gasteiger partial charge in [0, 0.05) is 18.7 Å². The predicted octanol–water partition coefficient (Wildman–Crippen LogP) is 1.03. The van der Waals surface area contributed by atoms with Crippen LogP contribution in [0.4, 0.5) is 0 Å². The number of hydrogen-bond acceptors (Lipinski definition) is 6. The molecule has 1 aromatic rings.